The van der Waals surface area contributed by atoms with E-state index in [0.29, 0.717) is 25.3 Å². The molecule has 32 heavy (non-hydrogen) atoms. The molecule has 2 heterocycles. The first-order valence-electron chi connectivity index (χ1n) is 10.6. The zero-order valence-corrected chi connectivity index (χ0v) is 20.0. The van der Waals surface area contributed by atoms with E-state index in [1.807, 2.05) is 42.5 Å². The Balaban J connectivity index is 0.000000181. The van der Waals surface area contributed by atoms with Crippen molar-refractivity contribution in [2.45, 2.75) is 50.6 Å². The van der Waals surface area contributed by atoms with E-state index in [-0.39, 0.29) is 11.1 Å². The molecule has 0 radical (unpaired) electrons. The van der Waals surface area contributed by atoms with Gasteiger partial charge in [0.25, 0.3) is 12.0 Å². The summed E-state index contributed by atoms with van der Waals surface area (Å²) in [7, 11) is 0. The van der Waals surface area contributed by atoms with Crippen LogP contribution in [-0.2, 0) is 22.3 Å². The van der Waals surface area contributed by atoms with E-state index < -0.39 is 0 Å². The van der Waals surface area contributed by atoms with Crippen LogP contribution in [0.2, 0.25) is 10.0 Å². The zero-order chi connectivity index (χ0) is 23.2. The lowest BCUT2D eigenvalue weighted by Gasteiger charge is -2.17. The van der Waals surface area contributed by atoms with Crippen molar-refractivity contribution in [3.8, 4) is 0 Å². The van der Waals surface area contributed by atoms with Crippen molar-refractivity contribution in [2.75, 3.05) is 13.2 Å². The number of halogens is 2. The Morgan fingerprint density at radius 3 is 1.78 bits per heavy atom. The van der Waals surface area contributed by atoms with Gasteiger partial charge in [-0.25, -0.2) is 9.98 Å². The van der Waals surface area contributed by atoms with Gasteiger partial charge in [-0.3, -0.25) is 0 Å². The predicted molar refractivity (Wildman–Crippen MR) is 132 cm³/mol. The largest absolute Gasteiger partial charge is 0.463 e. The molecule has 6 nitrogen and oxygen atoms in total. The van der Waals surface area contributed by atoms with Gasteiger partial charge in [-0.15, -0.1) is 0 Å². The molecule has 0 spiro atoms. The third kappa shape index (κ3) is 7.31. The molecule has 2 aliphatic rings. The Kier molecular flexibility index (Phi) is 7.91. The van der Waals surface area contributed by atoms with Gasteiger partial charge in [-0.1, -0.05) is 47.5 Å². The molecule has 0 unspecified atom stereocenters. The number of benzene rings is 2. The summed E-state index contributed by atoms with van der Waals surface area (Å²) in [6.45, 7) is 5.26. The van der Waals surface area contributed by atoms with Crippen molar-refractivity contribution >= 4 is 35.2 Å². The number of rotatable bonds is 6. The van der Waals surface area contributed by atoms with Gasteiger partial charge >= 0.3 is 0 Å². The maximum absolute atomic E-state index is 5.93. The normalized spacial score (nSPS) is 24.0. The molecule has 0 saturated heterocycles. The lowest BCUT2D eigenvalue weighted by Crippen LogP contribution is -2.24. The molecule has 0 fully saturated rings. The molecule has 2 aromatic carbocycles. The Morgan fingerprint density at radius 1 is 0.781 bits per heavy atom. The van der Waals surface area contributed by atoms with Gasteiger partial charge in [0.2, 0.25) is 0 Å². The minimum atomic E-state index is -0.188. The van der Waals surface area contributed by atoms with E-state index in [1.165, 1.54) is 11.1 Å². The van der Waals surface area contributed by atoms with Crippen LogP contribution in [0.1, 0.15) is 37.8 Å². The highest BCUT2D eigenvalue weighted by atomic mass is 35.5. The van der Waals surface area contributed by atoms with E-state index >= 15 is 0 Å². The number of hydrogen-bond acceptors (Lipinski definition) is 6. The van der Waals surface area contributed by atoms with Gasteiger partial charge in [-0.05, 0) is 74.9 Å². The van der Waals surface area contributed by atoms with Gasteiger partial charge in [0.15, 0.2) is 0 Å². The van der Waals surface area contributed by atoms with Crippen LogP contribution in [-0.4, -0.2) is 36.3 Å². The van der Waals surface area contributed by atoms with Crippen LogP contribution in [0.4, 0.5) is 0 Å². The monoisotopic (exact) mass is 476 g/mol. The van der Waals surface area contributed by atoms with Crippen LogP contribution in [0, 0.1) is 0 Å². The van der Waals surface area contributed by atoms with Crippen LogP contribution >= 0.6 is 23.2 Å². The van der Waals surface area contributed by atoms with E-state index in [4.69, 9.17) is 44.1 Å². The number of ether oxygens (including phenoxy) is 2. The summed E-state index contributed by atoms with van der Waals surface area (Å²) >= 11 is 11.8. The minimum absolute atomic E-state index is 0.177. The lowest BCUT2D eigenvalue weighted by atomic mass is 9.95. The number of nitrogens with zero attached hydrogens (tertiary/aromatic N) is 2. The molecule has 8 heteroatoms. The summed E-state index contributed by atoms with van der Waals surface area (Å²) in [6, 6.07) is 16.4. The molecule has 0 aromatic heterocycles. The molecule has 0 saturated carbocycles. The Bertz CT molecular complexity index is 980. The molecule has 4 N–H and O–H groups in total. The van der Waals surface area contributed by atoms with E-state index in [0.717, 1.165) is 35.7 Å². The van der Waals surface area contributed by atoms with Gasteiger partial charge in [-0.2, -0.15) is 0 Å². The summed E-state index contributed by atoms with van der Waals surface area (Å²) in [5, 5.41) is 1.54. The summed E-state index contributed by atoms with van der Waals surface area (Å²) < 4.78 is 10.4. The fourth-order valence-electron chi connectivity index (χ4n) is 3.55. The van der Waals surface area contributed by atoms with Gasteiger partial charge in [0.05, 0.1) is 11.1 Å². The van der Waals surface area contributed by atoms with Crippen LogP contribution in [0.25, 0.3) is 0 Å². The maximum Gasteiger partial charge on any atom is 0.282 e. The lowest BCUT2D eigenvalue weighted by molar-refractivity contribution is 0.255. The first-order valence-corrected chi connectivity index (χ1v) is 11.4. The van der Waals surface area contributed by atoms with Crippen molar-refractivity contribution < 1.29 is 9.47 Å². The number of hydrogen-bond donors (Lipinski definition) is 2. The Hall–Kier alpha value is -2.44. The average Bonchev–Trinajstić information content (AvgIpc) is 3.28. The standard InChI is InChI=1S/2C12H15ClN2O/c1-12(8-16-11(14)15-12)7-6-9-2-4-10(13)5-3-9;1-12(8-16-11(14)15-12)6-5-9-3-2-4-10(13)7-9/h2-5H,6-8H2,1H3,(H2,14,15);2-4,7H,5-6,8H2,1H3,(H2,14,15)/t2*12-/m00/s1. The van der Waals surface area contributed by atoms with Crippen molar-refractivity contribution in [3.05, 3.63) is 69.7 Å². The second-order valence-electron chi connectivity index (χ2n) is 8.73. The number of aryl methyl sites for hydroxylation is 2. The van der Waals surface area contributed by atoms with Gasteiger partial charge in [0, 0.05) is 10.0 Å². The first-order chi connectivity index (χ1) is 15.1. The van der Waals surface area contributed by atoms with Gasteiger partial charge < -0.3 is 20.9 Å². The molecule has 2 aliphatic heterocycles. The van der Waals surface area contributed by atoms with Crippen LogP contribution < -0.4 is 11.5 Å². The van der Waals surface area contributed by atoms with Crippen LogP contribution in [0.5, 0.6) is 0 Å². The molecule has 4 rings (SSSR count). The molecule has 2 atom stereocenters. The third-order valence-corrected chi connectivity index (χ3v) is 6.02. The van der Waals surface area contributed by atoms with Crippen molar-refractivity contribution in [2.24, 2.45) is 21.5 Å². The molecule has 2 aromatic rings. The quantitative estimate of drug-likeness (QED) is 0.628. The fourth-order valence-corrected chi connectivity index (χ4v) is 3.89. The fraction of sp³-hybridized carbons (Fsp3) is 0.417. The smallest absolute Gasteiger partial charge is 0.282 e. The van der Waals surface area contributed by atoms with E-state index in [1.54, 1.807) is 0 Å². The molecular formula is C24H30Cl2N4O2. The summed E-state index contributed by atoms with van der Waals surface area (Å²) in [6.07, 6.45) is 3.72. The SMILES string of the molecule is C[C@]1(CCc2ccc(Cl)cc2)COC(N)=N1.C[C@]1(CCc2cccc(Cl)c2)COC(N)=N1. The Labute approximate surface area is 199 Å². The number of nitrogens with two attached hydrogens (primary N) is 2. The van der Waals surface area contributed by atoms with Crippen LogP contribution in [0.3, 0.4) is 0 Å². The molecule has 172 valence electrons. The summed E-state index contributed by atoms with van der Waals surface area (Å²) in [5.41, 5.74) is 13.1. The minimum Gasteiger partial charge on any atom is -0.463 e. The topological polar surface area (TPSA) is 95.2 Å². The number of aliphatic imine (C=N–C) groups is 2. The van der Waals surface area contributed by atoms with E-state index in [9.17, 15) is 0 Å². The molecule has 0 bridgehead atoms. The molecular weight excluding hydrogens is 447 g/mol. The third-order valence-electron chi connectivity index (χ3n) is 5.53. The first kappa shape index (κ1) is 24.2. The Morgan fingerprint density at radius 2 is 1.31 bits per heavy atom. The van der Waals surface area contributed by atoms with Crippen molar-refractivity contribution in [1.29, 1.82) is 0 Å². The maximum atomic E-state index is 5.93. The zero-order valence-electron chi connectivity index (χ0n) is 18.5. The highest BCUT2D eigenvalue weighted by molar-refractivity contribution is 6.30. The van der Waals surface area contributed by atoms with Crippen LogP contribution in [0.15, 0.2) is 58.5 Å². The number of amidine groups is 2. The highest BCUT2D eigenvalue weighted by Crippen LogP contribution is 2.25. The second-order valence-corrected chi connectivity index (χ2v) is 9.60. The van der Waals surface area contributed by atoms with Crippen molar-refractivity contribution in [1.82, 2.24) is 0 Å². The summed E-state index contributed by atoms with van der Waals surface area (Å²) in [5.74, 6) is 0. The molecule has 0 aliphatic carbocycles. The second kappa shape index (κ2) is 10.5. The van der Waals surface area contributed by atoms with Crippen molar-refractivity contribution in [3.63, 3.8) is 0 Å². The predicted octanol–water partition coefficient (Wildman–Crippen LogP) is 4.75. The summed E-state index contributed by atoms with van der Waals surface area (Å²) in [4.78, 5) is 8.60. The highest BCUT2D eigenvalue weighted by Gasteiger charge is 2.31. The van der Waals surface area contributed by atoms with Gasteiger partial charge in [0.1, 0.15) is 13.2 Å². The average molecular weight is 477 g/mol. The molecule has 0 amide bonds. The van der Waals surface area contributed by atoms with E-state index in [2.05, 4.69) is 29.9 Å².